The van der Waals surface area contributed by atoms with Crippen molar-refractivity contribution < 1.29 is 19.9 Å². The van der Waals surface area contributed by atoms with Crippen LogP contribution in [0.1, 0.15) is 12.5 Å². The molecule has 0 fully saturated rings. The molecule has 0 aliphatic heterocycles. The Morgan fingerprint density at radius 2 is 1.87 bits per heavy atom. The summed E-state index contributed by atoms with van der Waals surface area (Å²) in [6, 6.07) is 6.56. The van der Waals surface area contributed by atoms with Crippen LogP contribution in [-0.2, 0) is 11.2 Å². The van der Waals surface area contributed by atoms with Crippen LogP contribution >= 0.6 is 0 Å². The highest BCUT2D eigenvalue weighted by atomic mass is 16.4. The lowest BCUT2D eigenvalue weighted by Gasteiger charge is -2.06. The van der Waals surface area contributed by atoms with Gasteiger partial charge in [-0.1, -0.05) is 31.2 Å². The molecule has 15 heavy (non-hydrogen) atoms. The van der Waals surface area contributed by atoms with Gasteiger partial charge >= 0.3 is 13.1 Å². The number of aliphatic carboxylic acids is 1. The van der Waals surface area contributed by atoms with Crippen molar-refractivity contribution in [2.75, 3.05) is 0 Å². The first-order valence-electron chi connectivity index (χ1n) is 4.68. The highest BCUT2D eigenvalue weighted by molar-refractivity contribution is 6.58. The van der Waals surface area contributed by atoms with Gasteiger partial charge in [0.1, 0.15) is 0 Å². The van der Waals surface area contributed by atoms with Crippen molar-refractivity contribution in [1.29, 1.82) is 0 Å². The van der Waals surface area contributed by atoms with Gasteiger partial charge in [0.15, 0.2) is 0 Å². The zero-order chi connectivity index (χ0) is 11.4. The van der Waals surface area contributed by atoms with Crippen LogP contribution in [0.5, 0.6) is 0 Å². The zero-order valence-corrected chi connectivity index (χ0v) is 8.42. The summed E-state index contributed by atoms with van der Waals surface area (Å²) >= 11 is 0. The van der Waals surface area contributed by atoms with E-state index in [-0.39, 0.29) is 0 Å². The molecule has 0 aliphatic carbocycles. The minimum absolute atomic E-state index is 0.404. The standard InChI is InChI=1S/C10H13BO4/c1-7(10(12)13)6-8-2-4-9(5-3-8)11(14)15/h2-5,7,14-15H,6H2,1H3,(H,12,13)/t7-/m0/s1. The Kier molecular flexibility index (Phi) is 3.88. The second kappa shape index (κ2) is 4.95. The van der Waals surface area contributed by atoms with Crippen LogP contribution in [0.3, 0.4) is 0 Å². The van der Waals surface area contributed by atoms with Crippen molar-refractivity contribution in [3.8, 4) is 0 Å². The number of carboxylic acid groups (broad SMARTS) is 1. The fourth-order valence-electron chi connectivity index (χ4n) is 1.27. The van der Waals surface area contributed by atoms with Gasteiger partial charge in [-0.3, -0.25) is 4.79 Å². The van der Waals surface area contributed by atoms with E-state index < -0.39 is 19.0 Å². The third-order valence-corrected chi connectivity index (χ3v) is 2.24. The van der Waals surface area contributed by atoms with E-state index in [1.807, 2.05) is 0 Å². The summed E-state index contributed by atoms with van der Waals surface area (Å²) in [7, 11) is -1.48. The van der Waals surface area contributed by atoms with Gasteiger partial charge in [0.05, 0.1) is 5.92 Å². The molecule has 3 N–H and O–H groups in total. The monoisotopic (exact) mass is 208 g/mol. The molecule has 0 spiro atoms. The molecule has 0 radical (unpaired) electrons. The zero-order valence-electron chi connectivity index (χ0n) is 8.42. The lowest BCUT2D eigenvalue weighted by Crippen LogP contribution is -2.29. The maximum atomic E-state index is 10.6. The quantitative estimate of drug-likeness (QED) is 0.590. The first-order chi connectivity index (χ1) is 7.00. The second-order valence-corrected chi connectivity index (χ2v) is 3.56. The SMILES string of the molecule is C[C@@H](Cc1ccc(B(O)O)cc1)C(=O)O. The third kappa shape index (κ3) is 3.38. The number of carboxylic acids is 1. The molecule has 0 aromatic heterocycles. The number of rotatable bonds is 4. The molecule has 0 aliphatic rings. The molecule has 0 amide bonds. The smallest absolute Gasteiger partial charge is 0.481 e. The lowest BCUT2D eigenvalue weighted by atomic mass is 9.80. The van der Waals surface area contributed by atoms with E-state index in [2.05, 4.69) is 0 Å². The summed E-state index contributed by atoms with van der Waals surface area (Å²) in [4.78, 5) is 10.6. The van der Waals surface area contributed by atoms with Crippen LogP contribution < -0.4 is 5.46 Å². The van der Waals surface area contributed by atoms with Crippen molar-refractivity contribution in [1.82, 2.24) is 0 Å². The predicted molar refractivity (Wildman–Crippen MR) is 56.8 cm³/mol. The first kappa shape index (κ1) is 11.7. The number of hydrogen-bond acceptors (Lipinski definition) is 3. The van der Waals surface area contributed by atoms with Gasteiger partial charge in [-0.25, -0.2) is 0 Å². The van der Waals surface area contributed by atoms with E-state index in [1.165, 1.54) is 0 Å². The fraction of sp³-hybridized carbons (Fsp3) is 0.300. The molecule has 0 saturated carbocycles. The normalized spacial score (nSPS) is 12.2. The van der Waals surface area contributed by atoms with Crippen LogP contribution in [-0.4, -0.2) is 28.2 Å². The highest BCUT2D eigenvalue weighted by Crippen LogP contribution is 2.07. The largest absolute Gasteiger partial charge is 0.488 e. The topological polar surface area (TPSA) is 77.8 Å². The minimum Gasteiger partial charge on any atom is -0.481 e. The van der Waals surface area contributed by atoms with E-state index >= 15 is 0 Å². The van der Waals surface area contributed by atoms with Gasteiger partial charge < -0.3 is 15.2 Å². The molecule has 4 nitrogen and oxygen atoms in total. The van der Waals surface area contributed by atoms with Crippen molar-refractivity contribution in [2.45, 2.75) is 13.3 Å². The van der Waals surface area contributed by atoms with Crippen molar-refractivity contribution >= 4 is 18.6 Å². The van der Waals surface area contributed by atoms with Crippen LogP contribution in [0.4, 0.5) is 0 Å². The van der Waals surface area contributed by atoms with Crippen LogP contribution in [0, 0.1) is 5.92 Å². The van der Waals surface area contributed by atoms with E-state index in [0.29, 0.717) is 11.9 Å². The molecule has 0 saturated heterocycles. The van der Waals surface area contributed by atoms with E-state index in [9.17, 15) is 4.79 Å². The Labute approximate surface area is 88.3 Å². The van der Waals surface area contributed by atoms with Gasteiger partial charge in [0, 0.05) is 0 Å². The summed E-state index contributed by atoms with van der Waals surface area (Å²) < 4.78 is 0. The molecule has 0 heterocycles. The van der Waals surface area contributed by atoms with Crippen LogP contribution in [0.15, 0.2) is 24.3 Å². The molecule has 1 rings (SSSR count). The molecule has 0 bridgehead atoms. The van der Waals surface area contributed by atoms with Crippen LogP contribution in [0.2, 0.25) is 0 Å². The summed E-state index contributed by atoms with van der Waals surface area (Å²) in [5.74, 6) is -1.27. The molecular formula is C10H13BO4. The van der Waals surface area contributed by atoms with Crippen molar-refractivity contribution in [2.24, 2.45) is 5.92 Å². The first-order valence-corrected chi connectivity index (χ1v) is 4.68. The molecular weight excluding hydrogens is 195 g/mol. The Balaban J connectivity index is 2.68. The van der Waals surface area contributed by atoms with Gasteiger partial charge in [-0.05, 0) is 17.4 Å². The molecule has 80 valence electrons. The molecule has 5 heteroatoms. The number of benzene rings is 1. The summed E-state index contributed by atoms with van der Waals surface area (Å²) in [5.41, 5.74) is 1.27. The molecule has 1 aromatic rings. The van der Waals surface area contributed by atoms with E-state index in [0.717, 1.165) is 5.56 Å². The van der Waals surface area contributed by atoms with Crippen LogP contribution in [0.25, 0.3) is 0 Å². The fourth-order valence-corrected chi connectivity index (χ4v) is 1.27. The second-order valence-electron chi connectivity index (χ2n) is 3.56. The van der Waals surface area contributed by atoms with Gasteiger partial charge in [0.2, 0.25) is 0 Å². The summed E-state index contributed by atoms with van der Waals surface area (Å²) in [5, 5.41) is 26.4. The number of hydrogen-bond donors (Lipinski definition) is 3. The van der Waals surface area contributed by atoms with E-state index in [1.54, 1.807) is 31.2 Å². The third-order valence-electron chi connectivity index (χ3n) is 2.24. The molecule has 1 atom stereocenters. The minimum atomic E-state index is -1.48. The predicted octanol–water partition coefficient (Wildman–Crippen LogP) is -0.370. The van der Waals surface area contributed by atoms with E-state index in [4.69, 9.17) is 15.2 Å². The van der Waals surface area contributed by atoms with Gasteiger partial charge in [-0.2, -0.15) is 0 Å². The van der Waals surface area contributed by atoms with Gasteiger partial charge in [-0.15, -0.1) is 0 Å². The number of carbonyl (C=O) groups is 1. The summed E-state index contributed by atoms with van der Waals surface area (Å²) in [6.07, 6.45) is 0.442. The van der Waals surface area contributed by atoms with Crippen molar-refractivity contribution in [3.05, 3.63) is 29.8 Å². The maximum Gasteiger partial charge on any atom is 0.488 e. The van der Waals surface area contributed by atoms with Crippen molar-refractivity contribution in [3.63, 3.8) is 0 Å². The Bertz CT molecular complexity index is 334. The lowest BCUT2D eigenvalue weighted by molar-refractivity contribution is -0.141. The molecule has 0 unspecified atom stereocenters. The van der Waals surface area contributed by atoms with Gasteiger partial charge in [0.25, 0.3) is 0 Å². The Hall–Kier alpha value is -1.33. The highest BCUT2D eigenvalue weighted by Gasteiger charge is 2.13. The Morgan fingerprint density at radius 1 is 1.33 bits per heavy atom. The Morgan fingerprint density at radius 3 is 2.27 bits per heavy atom. The summed E-state index contributed by atoms with van der Waals surface area (Å²) in [6.45, 7) is 1.64. The molecule has 1 aromatic carbocycles. The average molecular weight is 208 g/mol. The maximum absolute atomic E-state index is 10.6. The average Bonchev–Trinajstić information content (AvgIpc) is 2.18.